The van der Waals surface area contributed by atoms with Crippen molar-refractivity contribution in [3.8, 4) is 0 Å². The minimum absolute atomic E-state index is 0.0985. The van der Waals surface area contributed by atoms with Crippen molar-refractivity contribution in [1.29, 1.82) is 0 Å². The van der Waals surface area contributed by atoms with Gasteiger partial charge in [-0.15, -0.1) is 0 Å². The van der Waals surface area contributed by atoms with E-state index < -0.39 is 16.4 Å². The van der Waals surface area contributed by atoms with Crippen LogP contribution in [0.2, 0.25) is 0 Å². The average molecular weight is 362 g/mol. The van der Waals surface area contributed by atoms with Crippen molar-refractivity contribution in [3.05, 3.63) is 108 Å². The molecule has 3 atom stereocenters. The lowest BCUT2D eigenvalue weighted by Crippen LogP contribution is -2.55. The molecule has 1 saturated heterocycles. The van der Waals surface area contributed by atoms with Crippen LogP contribution in [0.25, 0.3) is 0 Å². The van der Waals surface area contributed by atoms with E-state index in [1.807, 2.05) is 78.9 Å². The summed E-state index contributed by atoms with van der Waals surface area (Å²) < 4.78 is 13.1. The third-order valence-electron chi connectivity index (χ3n) is 5.29. The molecule has 1 fully saturated rings. The van der Waals surface area contributed by atoms with E-state index in [0.29, 0.717) is 0 Å². The van der Waals surface area contributed by atoms with Gasteiger partial charge in [-0.05, 0) is 29.5 Å². The summed E-state index contributed by atoms with van der Waals surface area (Å²) in [6, 6.07) is 29.4. The summed E-state index contributed by atoms with van der Waals surface area (Å²) in [6.45, 7) is 0. The Kier molecular flexibility index (Phi) is 4.75. The van der Waals surface area contributed by atoms with Gasteiger partial charge in [0.25, 0.3) is 0 Å². The zero-order valence-electron chi connectivity index (χ0n) is 14.5. The van der Waals surface area contributed by atoms with Crippen molar-refractivity contribution >= 4 is 10.8 Å². The maximum atomic E-state index is 13.1. The molecule has 1 aliphatic heterocycles. The largest absolute Gasteiger partial charge is 0.379 e. The van der Waals surface area contributed by atoms with Gasteiger partial charge in [0.1, 0.15) is 5.60 Å². The van der Waals surface area contributed by atoms with Crippen LogP contribution in [0.1, 0.15) is 23.1 Å². The van der Waals surface area contributed by atoms with Crippen molar-refractivity contribution in [2.45, 2.75) is 28.9 Å². The summed E-state index contributed by atoms with van der Waals surface area (Å²) >= 11 is 0. The van der Waals surface area contributed by atoms with Gasteiger partial charge in [0.05, 0.1) is 5.25 Å². The topological polar surface area (TPSA) is 37.3 Å². The Bertz CT molecular complexity index is 838. The average Bonchev–Trinajstić information content (AvgIpc) is 2.72. The highest BCUT2D eigenvalue weighted by atomic mass is 32.2. The number of aliphatic hydroxyl groups is 1. The third kappa shape index (κ3) is 3.02. The lowest BCUT2D eigenvalue weighted by molar-refractivity contribution is 0.0674. The molecule has 0 saturated carbocycles. The van der Waals surface area contributed by atoms with Gasteiger partial charge in [-0.2, -0.15) is 0 Å². The molecule has 0 amide bonds. The van der Waals surface area contributed by atoms with E-state index in [-0.39, 0.29) is 10.5 Å². The molecule has 4 rings (SSSR count). The van der Waals surface area contributed by atoms with Gasteiger partial charge in [0.2, 0.25) is 0 Å². The first-order valence-electron chi connectivity index (χ1n) is 8.96. The molecular formula is C23H22O2S. The highest BCUT2D eigenvalue weighted by Gasteiger charge is 2.52. The van der Waals surface area contributed by atoms with Gasteiger partial charge < -0.3 is 5.11 Å². The van der Waals surface area contributed by atoms with Crippen LogP contribution in [0.15, 0.2) is 91.0 Å². The highest BCUT2D eigenvalue weighted by molar-refractivity contribution is 7.87. The summed E-state index contributed by atoms with van der Waals surface area (Å²) in [5.74, 6) is 0. The first-order valence-corrected chi connectivity index (χ1v) is 10.2. The molecule has 2 nitrogen and oxygen atoms in total. The summed E-state index contributed by atoms with van der Waals surface area (Å²) in [6.07, 6.45) is 1.55. The van der Waals surface area contributed by atoms with Crippen LogP contribution in [0, 0.1) is 0 Å². The number of hydrogen-bond donors (Lipinski definition) is 1. The molecule has 0 bridgehead atoms. The molecule has 1 heterocycles. The lowest BCUT2D eigenvalue weighted by Gasteiger charge is -2.45. The van der Waals surface area contributed by atoms with Gasteiger partial charge in [-0.1, -0.05) is 91.0 Å². The normalized spacial score (nSPS) is 22.6. The second-order valence-corrected chi connectivity index (χ2v) is 8.76. The summed E-state index contributed by atoms with van der Waals surface area (Å²) in [4.78, 5) is 0. The summed E-state index contributed by atoms with van der Waals surface area (Å²) in [7, 11) is -1.09. The lowest BCUT2D eigenvalue weighted by atomic mass is 9.81. The Morgan fingerprint density at radius 3 is 1.73 bits per heavy atom. The van der Waals surface area contributed by atoms with Crippen molar-refractivity contribution in [2.24, 2.45) is 0 Å². The predicted octanol–water partition coefficient (Wildman–Crippen LogP) is 4.05. The SMILES string of the molecule is O=S1[C@H](Cc2ccccc2)C[C@H]1C(O)(c1ccccc1)c1ccccc1. The zero-order valence-corrected chi connectivity index (χ0v) is 15.3. The van der Waals surface area contributed by atoms with Gasteiger partial charge in [0, 0.05) is 16.0 Å². The van der Waals surface area contributed by atoms with Gasteiger partial charge >= 0.3 is 0 Å². The molecule has 1 unspecified atom stereocenters. The Balaban J connectivity index is 1.63. The Hall–Kier alpha value is -2.23. The van der Waals surface area contributed by atoms with Crippen molar-refractivity contribution in [3.63, 3.8) is 0 Å². The quantitative estimate of drug-likeness (QED) is 0.743. The zero-order chi connectivity index (χ0) is 18.0. The minimum atomic E-state index is -1.22. The van der Waals surface area contributed by atoms with Crippen molar-refractivity contribution < 1.29 is 9.32 Å². The van der Waals surface area contributed by atoms with Gasteiger partial charge in [-0.25, -0.2) is 0 Å². The van der Waals surface area contributed by atoms with Crippen LogP contribution >= 0.6 is 0 Å². The molecule has 132 valence electrons. The smallest absolute Gasteiger partial charge is 0.129 e. The fourth-order valence-electron chi connectivity index (χ4n) is 3.84. The molecule has 0 aliphatic carbocycles. The molecule has 3 aromatic carbocycles. The highest BCUT2D eigenvalue weighted by Crippen LogP contribution is 2.44. The summed E-state index contributed by atoms with van der Waals surface area (Å²) in [5.41, 5.74) is 1.60. The molecular weight excluding hydrogens is 340 g/mol. The molecule has 0 radical (unpaired) electrons. The van der Waals surface area contributed by atoms with E-state index in [9.17, 15) is 9.32 Å². The molecule has 0 spiro atoms. The molecule has 26 heavy (non-hydrogen) atoms. The Labute approximate surface area is 157 Å². The Morgan fingerprint density at radius 1 is 0.808 bits per heavy atom. The van der Waals surface area contributed by atoms with E-state index >= 15 is 0 Å². The number of hydrogen-bond acceptors (Lipinski definition) is 2. The third-order valence-corrected chi connectivity index (χ3v) is 7.40. The van der Waals surface area contributed by atoms with Crippen LogP contribution in [-0.4, -0.2) is 19.8 Å². The van der Waals surface area contributed by atoms with E-state index in [2.05, 4.69) is 12.1 Å². The standard InChI is InChI=1S/C23H22O2S/c24-23(19-12-6-2-7-13-19,20-14-8-3-9-15-20)22-17-21(26(22)25)16-18-10-4-1-5-11-18/h1-15,21-22,24H,16-17H2/t21-,22+,26?/m1/s1. The first-order chi connectivity index (χ1) is 12.7. The van der Waals surface area contributed by atoms with E-state index in [0.717, 1.165) is 24.0 Å². The number of rotatable bonds is 5. The second kappa shape index (κ2) is 7.18. The van der Waals surface area contributed by atoms with Crippen LogP contribution < -0.4 is 0 Å². The van der Waals surface area contributed by atoms with E-state index in [1.165, 1.54) is 5.56 Å². The molecule has 1 N–H and O–H groups in total. The molecule has 3 heteroatoms. The summed E-state index contributed by atoms with van der Waals surface area (Å²) in [5, 5.41) is 11.5. The maximum Gasteiger partial charge on any atom is 0.129 e. The maximum absolute atomic E-state index is 13.1. The Morgan fingerprint density at radius 2 is 1.27 bits per heavy atom. The van der Waals surface area contributed by atoms with Crippen LogP contribution in [-0.2, 0) is 22.8 Å². The second-order valence-electron chi connectivity index (χ2n) is 6.86. The van der Waals surface area contributed by atoms with Crippen LogP contribution in [0.3, 0.4) is 0 Å². The van der Waals surface area contributed by atoms with Crippen molar-refractivity contribution in [1.82, 2.24) is 0 Å². The van der Waals surface area contributed by atoms with E-state index in [4.69, 9.17) is 0 Å². The van der Waals surface area contributed by atoms with Crippen LogP contribution in [0.5, 0.6) is 0 Å². The first kappa shape index (κ1) is 17.2. The van der Waals surface area contributed by atoms with Gasteiger partial charge in [-0.3, -0.25) is 4.21 Å². The van der Waals surface area contributed by atoms with Crippen molar-refractivity contribution in [2.75, 3.05) is 0 Å². The molecule has 1 aliphatic rings. The minimum Gasteiger partial charge on any atom is -0.379 e. The van der Waals surface area contributed by atoms with E-state index in [1.54, 1.807) is 0 Å². The van der Waals surface area contributed by atoms with Crippen LogP contribution in [0.4, 0.5) is 0 Å². The molecule has 0 aromatic heterocycles. The predicted molar refractivity (Wildman–Crippen MR) is 106 cm³/mol. The molecule has 3 aromatic rings. The van der Waals surface area contributed by atoms with Gasteiger partial charge in [0.15, 0.2) is 0 Å². The fraction of sp³-hybridized carbons (Fsp3) is 0.217. The fourth-order valence-corrected chi connectivity index (χ4v) is 5.72. The number of benzene rings is 3. The monoisotopic (exact) mass is 362 g/mol.